The summed E-state index contributed by atoms with van der Waals surface area (Å²) in [6, 6.07) is 0. The summed E-state index contributed by atoms with van der Waals surface area (Å²) in [4.78, 5) is 10.4. The molecule has 3 unspecified atom stereocenters. The van der Waals surface area contributed by atoms with Gasteiger partial charge in [0.1, 0.15) is 6.29 Å². The Morgan fingerprint density at radius 2 is 1.90 bits per heavy atom. The van der Waals surface area contributed by atoms with E-state index in [0.29, 0.717) is 17.6 Å². The minimum absolute atomic E-state index is 0.620. The summed E-state index contributed by atoms with van der Waals surface area (Å²) in [5.74, 6) is 0.682. The Balaban J connectivity index is 2.26. The zero-order valence-corrected chi connectivity index (χ0v) is 13.6. The fraction of sp³-hybridized carbons (Fsp3) is 0.611. The van der Waals surface area contributed by atoms with Gasteiger partial charge >= 0.3 is 0 Å². The summed E-state index contributed by atoms with van der Waals surface area (Å²) in [6.45, 7) is 4.37. The van der Waals surface area contributed by atoms with Crippen molar-refractivity contribution < 1.29 is 4.79 Å². The molecule has 0 fully saturated rings. The Kier molecular flexibility index (Phi) is 9.48. The molecule has 0 amide bonds. The third-order valence-corrected chi connectivity index (χ3v) is 5.43. The SMILES string of the molecule is C/C=C/C=C/CCCC1SC(CCCC=O)C=CC1C. The number of aldehydes is 1. The first-order valence-electron chi connectivity index (χ1n) is 7.83. The third kappa shape index (κ3) is 7.14. The molecule has 1 rings (SSSR count). The van der Waals surface area contributed by atoms with Crippen molar-refractivity contribution >= 4 is 18.0 Å². The van der Waals surface area contributed by atoms with Crippen molar-refractivity contribution in [3.63, 3.8) is 0 Å². The number of rotatable bonds is 9. The van der Waals surface area contributed by atoms with E-state index in [1.165, 1.54) is 19.3 Å². The van der Waals surface area contributed by atoms with E-state index in [1.807, 2.05) is 6.92 Å². The molecule has 0 aliphatic carbocycles. The first-order chi connectivity index (χ1) is 9.77. The van der Waals surface area contributed by atoms with Gasteiger partial charge in [0.2, 0.25) is 0 Å². The highest BCUT2D eigenvalue weighted by Crippen LogP contribution is 2.36. The van der Waals surface area contributed by atoms with Crippen molar-refractivity contribution in [2.75, 3.05) is 0 Å². The minimum atomic E-state index is 0.620. The molecule has 0 spiro atoms. The number of hydrogen-bond donors (Lipinski definition) is 0. The van der Waals surface area contributed by atoms with Gasteiger partial charge in [-0.15, -0.1) is 0 Å². The highest BCUT2D eigenvalue weighted by atomic mass is 32.2. The van der Waals surface area contributed by atoms with Gasteiger partial charge in [0, 0.05) is 16.9 Å². The van der Waals surface area contributed by atoms with Crippen molar-refractivity contribution in [2.24, 2.45) is 5.92 Å². The second kappa shape index (κ2) is 11.0. The maximum atomic E-state index is 10.4. The van der Waals surface area contributed by atoms with Crippen LogP contribution in [0.3, 0.4) is 0 Å². The lowest BCUT2D eigenvalue weighted by Gasteiger charge is -2.29. The molecule has 2 heteroatoms. The van der Waals surface area contributed by atoms with Gasteiger partial charge in [-0.2, -0.15) is 11.8 Å². The van der Waals surface area contributed by atoms with Crippen LogP contribution >= 0.6 is 11.8 Å². The number of carbonyl (C=O) groups excluding carboxylic acids is 1. The molecule has 1 nitrogen and oxygen atoms in total. The molecule has 1 aliphatic rings. The molecule has 20 heavy (non-hydrogen) atoms. The van der Waals surface area contributed by atoms with E-state index < -0.39 is 0 Å². The van der Waals surface area contributed by atoms with Crippen molar-refractivity contribution in [3.8, 4) is 0 Å². The Hall–Kier alpha value is -0.760. The van der Waals surface area contributed by atoms with Crippen LogP contribution < -0.4 is 0 Å². The van der Waals surface area contributed by atoms with Crippen molar-refractivity contribution in [1.29, 1.82) is 0 Å². The van der Waals surface area contributed by atoms with Gasteiger partial charge in [0.25, 0.3) is 0 Å². The number of unbranched alkanes of at least 4 members (excludes halogenated alkanes) is 2. The molecule has 112 valence electrons. The van der Waals surface area contributed by atoms with E-state index in [0.717, 1.165) is 24.4 Å². The predicted molar refractivity (Wildman–Crippen MR) is 91.2 cm³/mol. The summed E-state index contributed by atoms with van der Waals surface area (Å²) in [6.07, 6.45) is 20.9. The van der Waals surface area contributed by atoms with Crippen molar-refractivity contribution in [2.45, 2.75) is 62.9 Å². The van der Waals surface area contributed by atoms with Crippen LogP contribution in [0.2, 0.25) is 0 Å². The summed E-state index contributed by atoms with van der Waals surface area (Å²) in [5.41, 5.74) is 0. The monoisotopic (exact) mass is 292 g/mol. The van der Waals surface area contributed by atoms with E-state index in [-0.39, 0.29) is 0 Å². The van der Waals surface area contributed by atoms with Gasteiger partial charge < -0.3 is 4.79 Å². The summed E-state index contributed by atoms with van der Waals surface area (Å²) in [7, 11) is 0. The van der Waals surface area contributed by atoms with Gasteiger partial charge in [-0.3, -0.25) is 0 Å². The molecule has 0 bridgehead atoms. The summed E-state index contributed by atoms with van der Waals surface area (Å²) in [5, 5.41) is 1.37. The average Bonchev–Trinajstić information content (AvgIpc) is 2.46. The molecular formula is C18H28OS. The zero-order valence-electron chi connectivity index (χ0n) is 12.8. The highest BCUT2D eigenvalue weighted by Gasteiger charge is 2.23. The lowest BCUT2D eigenvalue weighted by molar-refractivity contribution is -0.107. The molecule has 0 saturated carbocycles. The maximum absolute atomic E-state index is 10.4. The van der Waals surface area contributed by atoms with Crippen molar-refractivity contribution in [3.05, 3.63) is 36.5 Å². The van der Waals surface area contributed by atoms with Crippen LogP contribution in [-0.2, 0) is 4.79 Å². The Bertz CT molecular complexity index is 343. The van der Waals surface area contributed by atoms with Crippen LogP contribution in [0, 0.1) is 5.92 Å². The van der Waals surface area contributed by atoms with Crippen LogP contribution in [-0.4, -0.2) is 16.8 Å². The van der Waals surface area contributed by atoms with E-state index in [1.54, 1.807) is 0 Å². The minimum Gasteiger partial charge on any atom is -0.303 e. The topological polar surface area (TPSA) is 17.1 Å². The smallest absolute Gasteiger partial charge is 0.119 e. The largest absolute Gasteiger partial charge is 0.303 e. The fourth-order valence-electron chi connectivity index (χ4n) is 2.44. The number of thioether (sulfide) groups is 1. The summed E-state index contributed by atoms with van der Waals surface area (Å²) < 4.78 is 0. The van der Waals surface area contributed by atoms with E-state index in [2.05, 4.69) is 55.1 Å². The zero-order chi connectivity index (χ0) is 14.6. The molecule has 0 aromatic rings. The molecule has 0 radical (unpaired) electrons. The quantitative estimate of drug-likeness (QED) is 0.247. The standard InChI is InChI=1S/C18H28OS/c1-3-4-5-6-7-8-12-18-16(2)13-14-17(20-18)11-9-10-15-19/h3-6,13-18H,7-12H2,1-2H3/b4-3+,6-5+. The average molecular weight is 292 g/mol. The number of hydrogen-bond acceptors (Lipinski definition) is 2. The van der Waals surface area contributed by atoms with Gasteiger partial charge in [-0.1, -0.05) is 43.4 Å². The van der Waals surface area contributed by atoms with E-state index in [4.69, 9.17) is 0 Å². The van der Waals surface area contributed by atoms with Gasteiger partial charge in [0.15, 0.2) is 0 Å². The molecule has 3 atom stereocenters. The molecule has 0 saturated heterocycles. The first kappa shape index (κ1) is 17.3. The molecular weight excluding hydrogens is 264 g/mol. The van der Waals surface area contributed by atoms with Crippen LogP contribution in [0.4, 0.5) is 0 Å². The lowest BCUT2D eigenvalue weighted by Crippen LogP contribution is -2.21. The van der Waals surface area contributed by atoms with E-state index >= 15 is 0 Å². The normalized spacial score (nSPS) is 26.6. The number of carbonyl (C=O) groups is 1. The second-order valence-corrected chi connectivity index (χ2v) is 6.92. The highest BCUT2D eigenvalue weighted by molar-refractivity contribution is 8.00. The Morgan fingerprint density at radius 3 is 2.65 bits per heavy atom. The maximum Gasteiger partial charge on any atom is 0.119 e. The Morgan fingerprint density at radius 1 is 1.10 bits per heavy atom. The number of allylic oxidation sites excluding steroid dienone is 5. The first-order valence-corrected chi connectivity index (χ1v) is 8.77. The van der Waals surface area contributed by atoms with Gasteiger partial charge in [-0.25, -0.2) is 0 Å². The predicted octanol–water partition coefficient (Wildman–Crippen LogP) is 5.33. The molecule has 0 aromatic heterocycles. The molecule has 1 heterocycles. The van der Waals surface area contributed by atoms with Crippen molar-refractivity contribution in [1.82, 2.24) is 0 Å². The van der Waals surface area contributed by atoms with Gasteiger partial charge in [-0.05, 0) is 44.9 Å². The molecule has 1 aliphatic heterocycles. The third-order valence-electron chi connectivity index (χ3n) is 3.68. The molecule has 0 N–H and O–H groups in total. The molecule has 0 aromatic carbocycles. The van der Waals surface area contributed by atoms with Crippen LogP contribution in [0.25, 0.3) is 0 Å². The lowest BCUT2D eigenvalue weighted by atomic mass is 10.00. The van der Waals surface area contributed by atoms with Crippen LogP contribution in [0.5, 0.6) is 0 Å². The van der Waals surface area contributed by atoms with Crippen LogP contribution in [0.15, 0.2) is 36.5 Å². The summed E-state index contributed by atoms with van der Waals surface area (Å²) >= 11 is 2.12. The van der Waals surface area contributed by atoms with E-state index in [9.17, 15) is 4.79 Å². The fourth-order valence-corrected chi connectivity index (χ4v) is 4.01. The second-order valence-electron chi connectivity index (χ2n) is 5.44. The Labute approximate surface area is 128 Å². The van der Waals surface area contributed by atoms with Crippen LogP contribution in [0.1, 0.15) is 52.4 Å². The van der Waals surface area contributed by atoms with Gasteiger partial charge in [0.05, 0.1) is 0 Å².